The molecule has 8 heteroatoms. The molecule has 0 radical (unpaired) electrons. The Morgan fingerprint density at radius 2 is 2.13 bits per heavy atom. The summed E-state index contributed by atoms with van der Waals surface area (Å²) < 4.78 is 12.2. The number of nitrogens with zero attached hydrogens (tertiary/aromatic N) is 3. The molecule has 0 bridgehead atoms. The van der Waals surface area contributed by atoms with E-state index in [9.17, 15) is 4.79 Å². The van der Waals surface area contributed by atoms with Crippen LogP contribution in [-0.2, 0) is 0 Å². The first-order valence-corrected chi connectivity index (χ1v) is 7.40. The van der Waals surface area contributed by atoms with E-state index in [0.717, 1.165) is 10.2 Å². The number of aromatic nitrogens is 3. The highest BCUT2D eigenvalue weighted by molar-refractivity contribution is 7.71. The Bertz CT molecular complexity index is 839. The van der Waals surface area contributed by atoms with E-state index in [-0.39, 0.29) is 22.1 Å². The molecule has 1 aromatic carbocycles. The van der Waals surface area contributed by atoms with Gasteiger partial charge in [-0.25, -0.2) is 0 Å². The molecule has 0 amide bonds. The maximum absolute atomic E-state index is 12.0. The molecule has 0 spiro atoms. The lowest BCUT2D eigenvalue weighted by Gasteiger charge is -2.13. The molecular formula is C15H18N4O3S. The van der Waals surface area contributed by atoms with E-state index in [1.165, 1.54) is 6.21 Å². The molecule has 1 N–H and O–H groups in total. The SMILES string of the molecule is COc1cc(/C=N/n2c(=S)[nH]nc(C)c2=O)ccc1OC(C)C. The molecule has 23 heavy (non-hydrogen) atoms. The summed E-state index contributed by atoms with van der Waals surface area (Å²) in [6.45, 7) is 5.46. The van der Waals surface area contributed by atoms with Crippen LogP contribution in [0.1, 0.15) is 25.1 Å². The molecule has 1 aromatic heterocycles. The minimum atomic E-state index is -0.364. The summed E-state index contributed by atoms with van der Waals surface area (Å²) in [5, 5.41) is 10.5. The number of aryl methyl sites for hydroxylation is 1. The van der Waals surface area contributed by atoms with Crippen LogP contribution in [0.2, 0.25) is 0 Å². The van der Waals surface area contributed by atoms with Crippen LogP contribution in [-0.4, -0.2) is 34.3 Å². The zero-order chi connectivity index (χ0) is 17.0. The second kappa shape index (κ2) is 7.19. The van der Waals surface area contributed by atoms with Crippen LogP contribution < -0.4 is 15.0 Å². The minimum Gasteiger partial charge on any atom is -0.493 e. The molecular weight excluding hydrogens is 316 g/mol. The molecule has 2 aromatic rings. The highest BCUT2D eigenvalue weighted by Gasteiger charge is 2.07. The van der Waals surface area contributed by atoms with Crippen molar-refractivity contribution < 1.29 is 9.47 Å². The van der Waals surface area contributed by atoms with Gasteiger partial charge < -0.3 is 9.47 Å². The molecule has 2 rings (SSSR count). The number of nitrogens with one attached hydrogen (secondary N) is 1. The van der Waals surface area contributed by atoms with Crippen LogP contribution in [0.25, 0.3) is 0 Å². The predicted molar refractivity (Wildman–Crippen MR) is 90.2 cm³/mol. The summed E-state index contributed by atoms with van der Waals surface area (Å²) in [5.41, 5.74) is 0.666. The average molecular weight is 334 g/mol. The van der Waals surface area contributed by atoms with Gasteiger partial charge in [-0.1, -0.05) is 0 Å². The van der Waals surface area contributed by atoms with Crippen LogP contribution in [0.3, 0.4) is 0 Å². The third-order valence-electron chi connectivity index (χ3n) is 2.89. The molecule has 0 aliphatic rings. The Balaban J connectivity index is 2.36. The van der Waals surface area contributed by atoms with Gasteiger partial charge in [-0.05, 0) is 56.8 Å². The maximum Gasteiger partial charge on any atom is 0.296 e. The average Bonchev–Trinajstić information content (AvgIpc) is 2.51. The van der Waals surface area contributed by atoms with E-state index in [0.29, 0.717) is 11.5 Å². The lowest BCUT2D eigenvalue weighted by Crippen LogP contribution is -2.22. The Labute approximate surface area is 138 Å². The Kier molecular flexibility index (Phi) is 5.28. The molecule has 0 aliphatic carbocycles. The van der Waals surface area contributed by atoms with Gasteiger partial charge in [-0.2, -0.15) is 14.9 Å². The molecule has 0 atom stereocenters. The quantitative estimate of drug-likeness (QED) is 0.670. The fourth-order valence-electron chi connectivity index (χ4n) is 1.82. The fourth-order valence-corrected chi connectivity index (χ4v) is 1.99. The Morgan fingerprint density at radius 3 is 2.78 bits per heavy atom. The summed E-state index contributed by atoms with van der Waals surface area (Å²) in [7, 11) is 1.57. The highest BCUT2D eigenvalue weighted by atomic mass is 32.1. The largest absolute Gasteiger partial charge is 0.493 e. The van der Waals surface area contributed by atoms with E-state index in [1.54, 1.807) is 26.2 Å². The molecule has 0 fully saturated rings. The second-order valence-electron chi connectivity index (χ2n) is 5.05. The molecule has 0 unspecified atom stereocenters. The zero-order valence-corrected chi connectivity index (χ0v) is 14.2. The topological polar surface area (TPSA) is 81.5 Å². The number of benzene rings is 1. The Hall–Kier alpha value is -2.48. The first kappa shape index (κ1) is 16.9. The van der Waals surface area contributed by atoms with E-state index in [4.69, 9.17) is 21.7 Å². The van der Waals surface area contributed by atoms with Crippen molar-refractivity contribution in [3.05, 3.63) is 44.6 Å². The normalized spacial score (nSPS) is 11.2. The van der Waals surface area contributed by atoms with Crippen molar-refractivity contribution in [2.45, 2.75) is 26.9 Å². The van der Waals surface area contributed by atoms with Gasteiger partial charge in [-0.3, -0.25) is 9.89 Å². The summed E-state index contributed by atoms with van der Waals surface area (Å²) >= 11 is 5.02. The van der Waals surface area contributed by atoms with Gasteiger partial charge >= 0.3 is 0 Å². The number of H-pyrrole nitrogens is 1. The number of aromatic amines is 1. The summed E-state index contributed by atoms with van der Waals surface area (Å²) in [5.74, 6) is 1.24. The van der Waals surface area contributed by atoms with Crippen LogP contribution in [0.5, 0.6) is 11.5 Å². The van der Waals surface area contributed by atoms with Crippen molar-refractivity contribution in [3.8, 4) is 11.5 Å². The van der Waals surface area contributed by atoms with E-state index in [2.05, 4.69) is 15.3 Å². The summed E-state index contributed by atoms with van der Waals surface area (Å²) in [4.78, 5) is 12.0. The molecule has 7 nitrogen and oxygen atoms in total. The first-order valence-electron chi connectivity index (χ1n) is 6.99. The molecule has 0 saturated heterocycles. The minimum absolute atomic E-state index is 0.0418. The molecule has 122 valence electrons. The van der Waals surface area contributed by atoms with Gasteiger partial charge in [0.05, 0.1) is 19.4 Å². The van der Waals surface area contributed by atoms with Crippen LogP contribution in [0, 0.1) is 11.7 Å². The summed E-state index contributed by atoms with van der Waals surface area (Å²) in [6.07, 6.45) is 1.56. The number of ether oxygens (including phenoxy) is 2. The van der Waals surface area contributed by atoms with Gasteiger partial charge in [0.15, 0.2) is 11.5 Å². The van der Waals surface area contributed by atoms with Gasteiger partial charge in [0, 0.05) is 0 Å². The fraction of sp³-hybridized carbons (Fsp3) is 0.333. The van der Waals surface area contributed by atoms with Crippen molar-refractivity contribution in [1.29, 1.82) is 0 Å². The predicted octanol–water partition coefficient (Wildman–Crippen LogP) is 2.29. The standard InChI is InChI=1S/C15H18N4O3S/c1-9(2)22-12-6-5-11(7-13(12)21-4)8-16-19-14(20)10(3)17-18-15(19)23/h5-9H,1-4H3,(H,18,23)/b16-8+. The molecule has 0 aliphatic heterocycles. The lowest BCUT2D eigenvalue weighted by molar-refractivity contribution is 0.230. The van der Waals surface area contributed by atoms with Gasteiger partial charge in [-0.15, -0.1) is 0 Å². The number of hydrogen-bond donors (Lipinski definition) is 1. The van der Waals surface area contributed by atoms with Gasteiger partial charge in [0.2, 0.25) is 4.77 Å². The van der Waals surface area contributed by atoms with Crippen LogP contribution in [0.4, 0.5) is 0 Å². The van der Waals surface area contributed by atoms with Crippen molar-refractivity contribution in [3.63, 3.8) is 0 Å². The van der Waals surface area contributed by atoms with E-state index >= 15 is 0 Å². The van der Waals surface area contributed by atoms with Crippen LogP contribution >= 0.6 is 12.2 Å². The van der Waals surface area contributed by atoms with Gasteiger partial charge in [0.1, 0.15) is 5.69 Å². The van der Waals surface area contributed by atoms with E-state index in [1.807, 2.05) is 19.9 Å². The number of methoxy groups -OCH3 is 1. The molecule has 1 heterocycles. The van der Waals surface area contributed by atoms with Crippen molar-refractivity contribution >= 4 is 18.4 Å². The zero-order valence-electron chi connectivity index (χ0n) is 13.4. The van der Waals surface area contributed by atoms with Crippen molar-refractivity contribution in [2.75, 3.05) is 7.11 Å². The third kappa shape index (κ3) is 4.04. The van der Waals surface area contributed by atoms with E-state index < -0.39 is 0 Å². The van der Waals surface area contributed by atoms with Gasteiger partial charge in [0.25, 0.3) is 5.56 Å². The molecule has 0 saturated carbocycles. The second-order valence-corrected chi connectivity index (χ2v) is 5.44. The lowest BCUT2D eigenvalue weighted by atomic mass is 10.2. The van der Waals surface area contributed by atoms with Crippen molar-refractivity contribution in [2.24, 2.45) is 5.10 Å². The number of hydrogen-bond acceptors (Lipinski definition) is 6. The number of rotatable bonds is 5. The first-order chi connectivity index (χ1) is 10.9. The Morgan fingerprint density at radius 1 is 1.39 bits per heavy atom. The van der Waals surface area contributed by atoms with Crippen molar-refractivity contribution in [1.82, 2.24) is 14.9 Å². The maximum atomic E-state index is 12.0. The van der Waals surface area contributed by atoms with Crippen LogP contribution in [0.15, 0.2) is 28.1 Å². The summed E-state index contributed by atoms with van der Waals surface area (Å²) in [6, 6.07) is 5.38. The monoisotopic (exact) mass is 334 g/mol. The highest BCUT2D eigenvalue weighted by Crippen LogP contribution is 2.28. The smallest absolute Gasteiger partial charge is 0.296 e. The third-order valence-corrected chi connectivity index (χ3v) is 3.15.